The summed E-state index contributed by atoms with van der Waals surface area (Å²) in [5.74, 6) is 0.927. The Morgan fingerprint density at radius 1 is 1.00 bits per heavy atom. The number of unbranched alkanes of at least 4 members (excludes halogenated alkanes) is 4. The number of aromatic nitrogens is 2. The summed E-state index contributed by atoms with van der Waals surface area (Å²) in [4.78, 5) is 11.8. The van der Waals surface area contributed by atoms with Gasteiger partial charge >= 0.3 is 0 Å². The van der Waals surface area contributed by atoms with Gasteiger partial charge in [-0.05, 0) is 44.8 Å². The molecular formula is C22H41N3O. The molecule has 0 fully saturated rings. The SMILES string of the molecule is CCCCCc1ccnc(CC(CC(O)CCCCC)N(CC)CC)n1. The zero-order valence-electron chi connectivity index (χ0n) is 17.6. The van der Waals surface area contributed by atoms with Crippen LogP contribution in [-0.2, 0) is 12.8 Å². The molecule has 1 heterocycles. The van der Waals surface area contributed by atoms with E-state index >= 15 is 0 Å². The van der Waals surface area contributed by atoms with Gasteiger partial charge in [-0.1, -0.05) is 59.8 Å². The monoisotopic (exact) mass is 363 g/mol. The third-order valence-corrected chi connectivity index (χ3v) is 5.23. The summed E-state index contributed by atoms with van der Waals surface area (Å²) in [6.07, 6.45) is 12.5. The minimum absolute atomic E-state index is 0.222. The van der Waals surface area contributed by atoms with Gasteiger partial charge in [-0.25, -0.2) is 9.97 Å². The molecule has 2 atom stereocenters. The van der Waals surface area contributed by atoms with Crippen LogP contribution in [0.2, 0.25) is 0 Å². The fourth-order valence-electron chi connectivity index (χ4n) is 3.61. The fraction of sp³-hybridized carbons (Fsp3) is 0.818. The van der Waals surface area contributed by atoms with E-state index in [9.17, 15) is 5.11 Å². The number of rotatable bonds is 15. The molecule has 1 aromatic rings. The van der Waals surface area contributed by atoms with Gasteiger partial charge in [0.2, 0.25) is 0 Å². The molecule has 1 rings (SSSR count). The Balaban J connectivity index is 2.70. The lowest BCUT2D eigenvalue weighted by molar-refractivity contribution is 0.0969. The van der Waals surface area contributed by atoms with Gasteiger partial charge in [0.1, 0.15) is 5.82 Å². The highest BCUT2D eigenvalue weighted by Gasteiger charge is 2.21. The summed E-state index contributed by atoms with van der Waals surface area (Å²) in [5, 5.41) is 10.5. The van der Waals surface area contributed by atoms with Gasteiger partial charge in [-0.3, -0.25) is 0 Å². The minimum Gasteiger partial charge on any atom is -0.393 e. The molecule has 0 radical (unpaired) electrons. The van der Waals surface area contributed by atoms with Crippen LogP contribution in [0, 0.1) is 0 Å². The Morgan fingerprint density at radius 2 is 1.69 bits per heavy atom. The second kappa shape index (κ2) is 14.1. The van der Waals surface area contributed by atoms with Gasteiger partial charge in [0.15, 0.2) is 0 Å². The van der Waals surface area contributed by atoms with Gasteiger partial charge in [-0.2, -0.15) is 0 Å². The fourth-order valence-corrected chi connectivity index (χ4v) is 3.61. The number of hydrogen-bond acceptors (Lipinski definition) is 4. The third kappa shape index (κ3) is 9.09. The van der Waals surface area contributed by atoms with Crippen molar-refractivity contribution in [3.8, 4) is 0 Å². The topological polar surface area (TPSA) is 49.3 Å². The molecule has 2 unspecified atom stereocenters. The summed E-state index contributed by atoms with van der Waals surface area (Å²) < 4.78 is 0. The predicted octanol–water partition coefficient (Wildman–Crippen LogP) is 4.79. The van der Waals surface area contributed by atoms with Crippen LogP contribution >= 0.6 is 0 Å². The summed E-state index contributed by atoms with van der Waals surface area (Å²) in [5.41, 5.74) is 1.16. The maximum absolute atomic E-state index is 10.5. The standard InChI is InChI=1S/C22H41N3O/c1-5-9-11-13-19-15-16-23-22(24-19)18-20(25(7-3)8-4)17-21(26)14-12-10-6-2/h15-16,20-21,26H,5-14,17-18H2,1-4H3. The molecule has 0 spiro atoms. The smallest absolute Gasteiger partial charge is 0.130 e. The van der Waals surface area contributed by atoms with E-state index in [0.29, 0.717) is 6.04 Å². The van der Waals surface area contributed by atoms with Crippen LogP contribution in [0.3, 0.4) is 0 Å². The predicted molar refractivity (Wildman–Crippen MR) is 110 cm³/mol. The van der Waals surface area contributed by atoms with E-state index in [-0.39, 0.29) is 6.10 Å². The molecule has 1 aromatic heterocycles. The van der Waals surface area contributed by atoms with Crippen molar-refractivity contribution < 1.29 is 5.11 Å². The van der Waals surface area contributed by atoms with E-state index in [0.717, 1.165) is 56.7 Å². The van der Waals surface area contributed by atoms with Crippen molar-refractivity contribution in [2.45, 2.75) is 104 Å². The Morgan fingerprint density at radius 3 is 2.35 bits per heavy atom. The van der Waals surface area contributed by atoms with Crippen LogP contribution in [-0.4, -0.2) is 45.2 Å². The van der Waals surface area contributed by atoms with Crippen LogP contribution in [0.25, 0.3) is 0 Å². The average Bonchev–Trinajstić information content (AvgIpc) is 2.63. The van der Waals surface area contributed by atoms with E-state index in [1.165, 1.54) is 32.1 Å². The lowest BCUT2D eigenvalue weighted by atomic mass is 9.99. The first-order valence-electron chi connectivity index (χ1n) is 10.9. The molecular weight excluding hydrogens is 322 g/mol. The first-order chi connectivity index (χ1) is 12.6. The maximum Gasteiger partial charge on any atom is 0.130 e. The molecule has 1 N–H and O–H groups in total. The van der Waals surface area contributed by atoms with Crippen molar-refractivity contribution in [3.05, 3.63) is 23.8 Å². The largest absolute Gasteiger partial charge is 0.393 e. The van der Waals surface area contributed by atoms with Gasteiger partial charge in [0.25, 0.3) is 0 Å². The zero-order chi connectivity index (χ0) is 19.2. The van der Waals surface area contributed by atoms with Crippen molar-refractivity contribution in [3.63, 3.8) is 0 Å². The maximum atomic E-state index is 10.5. The van der Waals surface area contributed by atoms with Gasteiger partial charge in [0, 0.05) is 24.4 Å². The number of hydrogen-bond donors (Lipinski definition) is 1. The van der Waals surface area contributed by atoms with Gasteiger partial charge in [-0.15, -0.1) is 0 Å². The minimum atomic E-state index is -0.222. The molecule has 0 saturated carbocycles. The highest BCUT2D eigenvalue weighted by atomic mass is 16.3. The van der Waals surface area contributed by atoms with Crippen LogP contribution < -0.4 is 0 Å². The molecule has 0 bridgehead atoms. The second-order valence-electron chi connectivity index (χ2n) is 7.39. The highest BCUT2D eigenvalue weighted by molar-refractivity contribution is 5.04. The Bertz CT molecular complexity index is 462. The molecule has 26 heavy (non-hydrogen) atoms. The van der Waals surface area contributed by atoms with Crippen molar-refractivity contribution >= 4 is 0 Å². The van der Waals surface area contributed by atoms with Crippen LogP contribution in [0.1, 0.15) is 90.6 Å². The third-order valence-electron chi connectivity index (χ3n) is 5.23. The van der Waals surface area contributed by atoms with Crippen LogP contribution in [0.5, 0.6) is 0 Å². The first kappa shape index (κ1) is 23.0. The first-order valence-corrected chi connectivity index (χ1v) is 10.9. The van der Waals surface area contributed by atoms with Crippen molar-refractivity contribution in [1.82, 2.24) is 14.9 Å². The Hall–Kier alpha value is -1.00. The number of nitrogens with zero attached hydrogens (tertiary/aromatic N) is 3. The van der Waals surface area contributed by atoms with Gasteiger partial charge < -0.3 is 10.0 Å². The zero-order valence-corrected chi connectivity index (χ0v) is 17.6. The molecule has 0 aliphatic carbocycles. The molecule has 4 nitrogen and oxygen atoms in total. The highest BCUT2D eigenvalue weighted by Crippen LogP contribution is 2.16. The van der Waals surface area contributed by atoms with Crippen molar-refractivity contribution in [2.24, 2.45) is 0 Å². The molecule has 150 valence electrons. The van der Waals surface area contributed by atoms with Crippen LogP contribution in [0.4, 0.5) is 0 Å². The number of aliphatic hydroxyl groups excluding tert-OH is 1. The van der Waals surface area contributed by atoms with Crippen molar-refractivity contribution in [2.75, 3.05) is 13.1 Å². The van der Waals surface area contributed by atoms with E-state index < -0.39 is 0 Å². The quantitative estimate of drug-likeness (QED) is 0.455. The molecule has 0 saturated heterocycles. The van der Waals surface area contributed by atoms with E-state index in [2.05, 4.69) is 37.6 Å². The van der Waals surface area contributed by atoms with Gasteiger partial charge in [0.05, 0.1) is 6.10 Å². The van der Waals surface area contributed by atoms with Crippen molar-refractivity contribution in [1.29, 1.82) is 0 Å². The summed E-state index contributed by atoms with van der Waals surface area (Å²) in [7, 11) is 0. The van der Waals surface area contributed by atoms with Crippen LogP contribution in [0.15, 0.2) is 12.3 Å². The average molecular weight is 364 g/mol. The number of aryl methyl sites for hydroxylation is 1. The lowest BCUT2D eigenvalue weighted by Gasteiger charge is -2.31. The number of aliphatic hydroxyl groups is 1. The molecule has 0 aromatic carbocycles. The second-order valence-corrected chi connectivity index (χ2v) is 7.39. The Kier molecular flexibility index (Phi) is 12.5. The summed E-state index contributed by atoms with van der Waals surface area (Å²) in [6.45, 7) is 10.8. The summed E-state index contributed by atoms with van der Waals surface area (Å²) >= 11 is 0. The number of likely N-dealkylation sites (N-methyl/N-ethyl adjacent to an activating group) is 1. The Labute approximate surface area is 161 Å². The van der Waals surface area contributed by atoms with E-state index in [1.54, 1.807) is 0 Å². The summed E-state index contributed by atoms with van der Waals surface area (Å²) in [6, 6.07) is 2.36. The molecule has 0 amide bonds. The normalized spacial score (nSPS) is 13.9. The van der Waals surface area contributed by atoms with E-state index in [1.807, 2.05) is 12.3 Å². The van der Waals surface area contributed by atoms with E-state index in [4.69, 9.17) is 4.98 Å². The molecule has 4 heteroatoms. The molecule has 0 aliphatic heterocycles. The lowest BCUT2D eigenvalue weighted by Crippen LogP contribution is -2.39. The molecule has 0 aliphatic rings.